The van der Waals surface area contributed by atoms with Gasteiger partial charge in [-0.2, -0.15) is 0 Å². The van der Waals surface area contributed by atoms with E-state index in [1.807, 2.05) is 49.4 Å². The van der Waals surface area contributed by atoms with Crippen LogP contribution in [0.4, 0.5) is 4.79 Å². The summed E-state index contributed by atoms with van der Waals surface area (Å²) >= 11 is 6.16. The summed E-state index contributed by atoms with van der Waals surface area (Å²) in [6.07, 6.45) is 1.05. The molecule has 7 heteroatoms. The van der Waals surface area contributed by atoms with Gasteiger partial charge in [0, 0.05) is 18.1 Å². The maximum absolute atomic E-state index is 13.1. The second kappa shape index (κ2) is 8.11. The van der Waals surface area contributed by atoms with Crippen molar-refractivity contribution in [3.63, 3.8) is 0 Å². The van der Waals surface area contributed by atoms with Crippen LogP contribution in [0.25, 0.3) is 0 Å². The zero-order valence-corrected chi connectivity index (χ0v) is 17.6. The van der Waals surface area contributed by atoms with Gasteiger partial charge in [0.1, 0.15) is 5.54 Å². The predicted octanol–water partition coefficient (Wildman–Crippen LogP) is 3.30. The van der Waals surface area contributed by atoms with E-state index in [2.05, 4.69) is 5.32 Å². The van der Waals surface area contributed by atoms with E-state index in [1.54, 1.807) is 11.0 Å². The van der Waals surface area contributed by atoms with Crippen LogP contribution in [0.5, 0.6) is 0 Å². The van der Waals surface area contributed by atoms with E-state index in [0.717, 1.165) is 16.7 Å². The molecule has 0 saturated carbocycles. The number of carbonyl (C=O) groups excluding carboxylic acids is 3. The van der Waals surface area contributed by atoms with Crippen molar-refractivity contribution in [2.75, 3.05) is 13.1 Å². The molecule has 4 rings (SSSR count). The first-order valence-corrected chi connectivity index (χ1v) is 10.5. The molecule has 6 nitrogen and oxygen atoms in total. The summed E-state index contributed by atoms with van der Waals surface area (Å²) in [5.41, 5.74) is 1.91. The number of rotatable bonds is 4. The van der Waals surface area contributed by atoms with Crippen molar-refractivity contribution in [2.24, 2.45) is 0 Å². The van der Waals surface area contributed by atoms with Gasteiger partial charge in [0.15, 0.2) is 0 Å². The van der Waals surface area contributed by atoms with Gasteiger partial charge in [-0.1, -0.05) is 59.6 Å². The van der Waals surface area contributed by atoms with Gasteiger partial charge in [0.25, 0.3) is 5.91 Å². The topological polar surface area (TPSA) is 69.7 Å². The minimum Gasteiger partial charge on any atom is -0.342 e. The molecule has 0 aliphatic carbocycles. The molecule has 0 atom stereocenters. The Morgan fingerprint density at radius 1 is 1.07 bits per heavy atom. The van der Waals surface area contributed by atoms with Crippen molar-refractivity contribution in [2.45, 2.75) is 38.3 Å². The quantitative estimate of drug-likeness (QED) is 0.764. The number of amides is 4. The Labute approximate surface area is 180 Å². The number of hydrogen-bond donors (Lipinski definition) is 1. The van der Waals surface area contributed by atoms with Gasteiger partial charge in [-0.05, 0) is 37.0 Å². The maximum atomic E-state index is 13.1. The van der Waals surface area contributed by atoms with Crippen molar-refractivity contribution in [1.29, 1.82) is 0 Å². The van der Waals surface area contributed by atoms with Crippen molar-refractivity contribution < 1.29 is 14.4 Å². The first-order valence-electron chi connectivity index (χ1n) is 10.1. The van der Waals surface area contributed by atoms with E-state index in [-0.39, 0.29) is 30.8 Å². The monoisotopic (exact) mass is 425 g/mol. The lowest BCUT2D eigenvalue weighted by atomic mass is 9.87. The fourth-order valence-electron chi connectivity index (χ4n) is 4.09. The van der Waals surface area contributed by atoms with E-state index in [1.165, 1.54) is 4.90 Å². The highest BCUT2D eigenvalue weighted by Gasteiger charge is 2.52. The molecule has 30 heavy (non-hydrogen) atoms. The van der Waals surface area contributed by atoms with Gasteiger partial charge >= 0.3 is 6.03 Å². The third-order valence-electron chi connectivity index (χ3n) is 5.98. The molecular weight excluding hydrogens is 402 g/mol. The molecule has 0 unspecified atom stereocenters. The van der Waals surface area contributed by atoms with Crippen LogP contribution in [0.15, 0.2) is 48.5 Å². The second-order valence-electron chi connectivity index (χ2n) is 8.04. The number of urea groups is 1. The van der Waals surface area contributed by atoms with Gasteiger partial charge in [-0.3, -0.25) is 14.5 Å². The van der Waals surface area contributed by atoms with Gasteiger partial charge < -0.3 is 10.2 Å². The number of benzene rings is 2. The molecule has 2 aromatic rings. The first-order chi connectivity index (χ1) is 14.4. The minimum absolute atomic E-state index is 0.0220. The van der Waals surface area contributed by atoms with E-state index in [9.17, 15) is 14.4 Å². The van der Waals surface area contributed by atoms with Crippen LogP contribution in [0.3, 0.4) is 0 Å². The van der Waals surface area contributed by atoms with E-state index < -0.39 is 5.54 Å². The number of nitrogens with one attached hydrogen (secondary N) is 1. The van der Waals surface area contributed by atoms with Crippen LogP contribution < -0.4 is 5.32 Å². The number of nitrogens with zero attached hydrogens (tertiary/aromatic N) is 2. The zero-order valence-electron chi connectivity index (χ0n) is 16.9. The third-order valence-corrected chi connectivity index (χ3v) is 6.35. The Hall–Kier alpha value is -2.86. The van der Waals surface area contributed by atoms with E-state index in [0.29, 0.717) is 31.0 Å². The standard InChI is InChI=1S/C23H24ClN3O3/c1-16-6-8-17(9-7-16)15-27-21(29)23(25-22(27)30)10-12-26(13-11-23)20(28)14-18-4-2-3-5-19(18)24/h2-9H,10-15H2,1H3,(H,25,30). The lowest BCUT2D eigenvalue weighted by Gasteiger charge is -2.37. The molecule has 2 fully saturated rings. The molecule has 2 aliphatic rings. The summed E-state index contributed by atoms with van der Waals surface area (Å²) in [4.78, 5) is 41.3. The number of likely N-dealkylation sites (tertiary alicyclic amines) is 1. The van der Waals surface area contributed by atoms with E-state index >= 15 is 0 Å². The number of halogens is 1. The molecule has 2 aromatic carbocycles. The second-order valence-corrected chi connectivity index (χ2v) is 8.45. The van der Waals surface area contributed by atoms with E-state index in [4.69, 9.17) is 11.6 Å². The Morgan fingerprint density at radius 2 is 1.73 bits per heavy atom. The molecule has 0 radical (unpaired) electrons. The third kappa shape index (κ3) is 3.92. The lowest BCUT2D eigenvalue weighted by molar-refractivity contribution is -0.138. The molecule has 1 spiro atoms. The Balaban J connectivity index is 1.39. The summed E-state index contributed by atoms with van der Waals surface area (Å²) in [7, 11) is 0. The summed E-state index contributed by atoms with van der Waals surface area (Å²) in [5.74, 6) is -0.225. The van der Waals surface area contributed by atoms with Gasteiger partial charge in [0.2, 0.25) is 5.91 Å². The average Bonchev–Trinajstić information content (AvgIpc) is 2.96. The Kier molecular flexibility index (Phi) is 5.52. The molecule has 0 aromatic heterocycles. The fraction of sp³-hybridized carbons (Fsp3) is 0.348. The number of piperidine rings is 1. The fourth-order valence-corrected chi connectivity index (χ4v) is 4.29. The molecule has 1 N–H and O–H groups in total. The van der Waals surface area contributed by atoms with Crippen LogP contribution in [0.1, 0.15) is 29.5 Å². The van der Waals surface area contributed by atoms with Crippen molar-refractivity contribution in [1.82, 2.24) is 15.1 Å². The Morgan fingerprint density at radius 3 is 2.40 bits per heavy atom. The molecule has 2 aliphatic heterocycles. The lowest BCUT2D eigenvalue weighted by Crippen LogP contribution is -2.56. The van der Waals surface area contributed by atoms with Crippen molar-refractivity contribution in [3.8, 4) is 0 Å². The van der Waals surface area contributed by atoms with Crippen LogP contribution in [-0.2, 0) is 22.6 Å². The molecular formula is C23H24ClN3O3. The molecule has 2 heterocycles. The van der Waals surface area contributed by atoms with Crippen LogP contribution in [-0.4, -0.2) is 46.3 Å². The van der Waals surface area contributed by atoms with Crippen molar-refractivity contribution in [3.05, 3.63) is 70.2 Å². The number of carbonyl (C=O) groups is 3. The highest BCUT2D eigenvalue weighted by molar-refractivity contribution is 6.31. The SMILES string of the molecule is Cc1ccc(CN2C(=O)NC3(CCN(C(=O)Cc4ccccc4Cl)CC3)C2=O)cc1. The normalized spacial score (nSPS) is 18.1. The Bertz CT molecular complexity index is 981. The average molecular weight is 426 g/mol. The number of hydrogen-bond acceptors (Lipinski definition) is 3. The number of aryl methyl sites for hydroxylation is 1. The molecule has 4 amide bonds. The van der Waals surface area contributed by atoms with Gasteiger partial charge in [-0.25, -0.2) is 4.79 Å². The minimum atomic E-state index is -0.914. The zero-order chi connectivity index (χ0) is 21.3. The summed E-state index contributed by atoms with van der Waals surface area (Å²) < 4.78 is 0. The molecule has 156 valence electrons. The first kappa shape index (κ1) is 20.4. The van der Waals surface area contributed by atoms with Crippen LogP contribution >= 0.6 is 11.6 Å². The summed E-state index contributed by atoms with van der Waals surface area (Å²) in [6, 6.07) is 14.7. The number of imide groups is 1. The largest absolute Gasteiger partial charge is 0.342 e. The highest BCUT2D eigenvalue weighted by Crippen LogP contribution is 2.31. The van der Waals surface area contributed by atoms with Crippen LogP contribution in [0, 0.1) is 6.92 Å². The smallest absolute Gasteiger partial charge is 0.325 e. The summed E-state index contributed by atoms with van der Waals surface area (Å²) in [6.45, 7) is 3.09. The maximum Gasteiger partial charge on any atom is 0.325 e. The van der Waals surface area contributed by atoms with Gasteiger partial charge in [0.05, 0.1) is 13.0 Å². The van der Waals surface area contributed by atoms with Crippen molar-refractivity contribution >= 4 is 29.4 Å². The van der Waals surface area contributed by atoms with Crippen LogP contribution in [0.2, 0.25) is 5.02 Å². The summed E-state index contributed by atoms with van der Waals surface area (Å²) in [5, 5.41) is 3.47. The molecule has 2 saturated heterocycles. The molecule has 0 bridgehead atoms. The highest BCUT2D eigenvalue weighted by atomic mass is 35.5. The predicted molar refractivity (Wildman–Crippen MR) is 114 cm³/mol. The van der Waals surface area contributed by atoms with Gasteiger partial charge in [-0.15, -0.1) is 0 Å².